The summed E-state index contributed by atoms with van der Waals surface area (Å²) in [5.74, 6) is -0.742. The fourth-order valence-electron chi connectivity index (χ4n) is 2.37. The number of hydrogen-bond donors (Lipinski definition) is 0. The molecule has 0 heterocycles. The van der Waals surface area contributed by atoms with Gasteiger partial charge in [-0.25, -0.2) is 4.79 Å². The molecule has 0 spiro atoms. The number of carbonyl (C=O) groups is 2. The van der Waals surface area contributed by atoms with Gasteiger partial charge < -0.3 is 9.47 Å². The molecular weight excluding hydrogens is 244 g/mol. The van der Waals surface area contributed by atoms with Gasteiger partial charge in [0.1, 0.15) is 12.2 Å². The van der Waals surface area contributed by atoms with E-state index in [1.54, 1.807) is 6.92 Å². The van der Waals surface area contributed by atoms with Crippen molar-refractivity contribution in [3.8, 4) is 0 Å². The maximum Gasteiger partial charge on any atom is 0.333 e. The van der Waals surface area contributed by atoms with Gasteiger partial charge in [0.25, 0.3) is 0 Å². The van der Waals surface area contributed by atoms with E-state index in [4.69, 9.17) is 9.47 Å². The zero-order valence-electron chi connectivity index (χ0n) is 12.0. The second-order valence-corrected chi connectivity index (χ2v) is 5.24. The van der Waals surface area contributed by atoms with Gasteiger partial charge in [-0.05, 0) is 39.0 Å². The van der Waals surface area contributed by atoms with Crippen molar-refractivity contribution in [3.63, 3.8) is 0 Å². The van der Waals surface area contributed by atoms with Crippen LogP contribution in [0.15, 0.2) is 12.2 Å². The first-order valence-electron chi connectivity index (χ1n) is 7.03. The number of hydrogen-bond acceptors (Lipinski definition) is 4. The molecule has 0 atom stereocenters. The van der Waals surface area contributed by atoms with Crippen LogP contribution in [0.25, 0.3) is 0 Å². The summed E-state index contributed by atoms with van der Waals surface area (Å²) >= 11 is 0. The zero-order valence-corrected chi connectivity index (χ0v) is 12.0. The topological polar surface area (TPSA) is 52.6 Å². The fraction of sp³-hybridized carbons (Fsp3) is 0.733. The summed E-state index contributed by atoms with van der Waals surface area (Å²) in [7, 11) is 0. The van der Waals surface area contributed by atoms with Gasteiger partial charge >= 0.3 is 11.9 Å². The highest BCUT2D eigenvalue weighted by Gasteiger charge is 2.33. The minimum absolute atomic E-state index is 0.0598. The molecule has 1 rings (SSSR count). The molecular formula is C15H24O4. The fourth-order valence-corrected chi connectivity index (χ4v) is 2.37. The van der Waals surface area contributed by atoms with Gasteiger partial charge in [-0.1, -0.05) is 19.9 Å². The quantitative estimate of drug-likeness (QED) is 0.548. The molecule has 0 amide bonds. The summed E-state index contributed by atoms with van der Waals surface area (Å²) in [4.78, 5) is 23.0. The van der Waals surface area contributed by atoms with E-state index in [0.717, 1.165) is 32.1 Å². The lowest BCUT2D eigenvalue weighted by atomic mass is 9.83. The third-order valence-corrected chi connectivity index (χ3v) is 3.63. The Morgan fingerprint density at radius 2 is 1.84 bits per heavy atom. The average molecular weight is 268 g/mol. The lowest BCUT2D eigenvalue weighted by molar-refractivity contribution is -0.165. The van der Waals surface area contributed by atoms with Gasteiger partial charge in [0.15, 0.2) is 0 Å². The molecule has 4 nitrogen and oxygen atoms in total. The molecule has 0 bridgehead atoms. The Morgan fingerprint density at radius 3 is 2.37 bits per heavy atom. The predicted molar refractivity (Wildman–Crippen MR) is 72.6 cm³/mol. The van der Waals surface area contributed by atoms with Gasteiger partial charge in [0, 0.05) is 5.57 Å². The van der Waals surface area contributed by atoms with Crippen molar-refractivity contribution in [1.82, 2.24) is 0 Å². The Labute approximate surface area is 115 Å². The first-order chi connectivity index (χ1) is 8.99. The molecule has 1 fully saturated rings. The maximum absolute atomic E-state index is 11.8. The second-order valence-electron chi connectivity index (χ2n) is 5.24. The van der Waals surface area contributed by atoms with E-state index in [2.05, 4.69) is 13.5 Å². The van der Waals surface area contributed by atoms with Crippen molar-refractivity contribution in [3.05, 3.63) is 12.2 Å². The number of carbonyl (C=O) groups excluding carboxylic acids is 2. The third kappa shape index (κ3) is 5.05. The maximum atomic E-state index is 11.8. The Bertz CT molecular complexity index is 340. The molecule has 19 heavy (non-hydrogen) atoms. The molecule has 0 aromatic heterocycles. The Kier molecular flexibility index (Phi) is 6.06. The number of esters is 2. The second kappa shape index (κ2) is 7.31. The molecule has 0 unspecified atom stereocenters. The Hall–Kier alpha value is -1.32. The smallest absolute Gasteiger partial charge is 0.333 e. The predicted octanol–water partition coefficient (Wildman–Crippen LogP) is 3.15. The van der Waals surface area contributed by atoms with Crippen molar-refractivity contribution in [1.29, 1.82) is 0 Å². The standard InChI is InChI=1S/C15H24O4/c1-4-15(9-6-5-7-10-15)19-13(16)8-11-18-14(17)12(2)3/h2,4-11H2,1,3H3. The van der Waals surface area contributed by atoms with Gasteiger partial charge in [-0.3, -0.25) is 4.79 Å². The minimum Gasteiger partial charge on any atom is -0.462 e. The van der Waals surface area contributed by atoms with Crippen molar-refractivity contribution >= 4 is 11.9 Å². The highest BCUT2D eigenvalue weighted by Crippen LogP contribution is 2.34. The van der Waals surface area contributed by atoms with E-state index < -0.39 is 5.97 Å². The minimum atomic E-state index is -0.462. The van der Waals surface area contributed by atoms with E-state index in [1.165, 1.54) is 6.42 Å². The van der Waals surface area contributed by atoms with Crippen molar-refractivity contribution < 1.29 is 19.1 Å². The highest BCUT2D eigenvalue weighted by atomic mass is 16.6. The largest absolute Gasteiger partial charge is 0.462 e. The van der Waals surface area contributed by atoms with Crippen LogP contribution in [0.3, 0.4) is 0 Å². The summed E-state index contributed by atoms with van der Waals surface area (Å²) in [6.45, 7) is 7.17. The van der Waals surface area contributed by atoms with Crippen LogP contribution in [0, 0.1) is 0 Å². The summed E-state index contributed by atoms with van der Waals surface area (Å²) in [5.41, 5.74) is 0.0546. The van der Waals surface area contributed by atoms with E-state index in [9.17, 15) is 9.59 Å². The third-order valence-electron chi connectivity index (χ3n) is 3.63. The van der Waals surface area contributed by atoms with Crippen LogP contribution in [-0.2, 0) is 19.1 Å². The van der Waals surface area contributed by atoms with Crippen LogP contribution in [0.2, 0.25) is 0 Å². The molecule has 0 aromatic carbocycles. The molecule has 0 N–H and O–H groups in total. The van der Waals surface area contributed by atoms with Gasteiger partial charge in [-0.15, -0.1) is 0 Å². The highest BCUT2D eigenvalue weighted by molar-refractivity contribution is 5.87. The summed E-state index contributed by atoms with van der Waals surface area (Å²) in [6, 6.07) is 0. The van der Waals surface area contributed by atoms with Gasteiger partial charge in [-0.2, -0.15) is 0 Å². The van der Waals surface area contributed by atoms with Crippen LogP contribution in [0.4, 0.5) is 0 Å². The molecule has 4 heteroatoms. The van der Waals surface area contributed by atoms with Gasteiger partial charge in [0.2, 0.25) is 0 Å². The molecule has 1 aliphatic rings. The van der Waals surface area contributed by atoms with Gasteiger partial charge in [0.05, 0.1) is 6.42 Å². The average Bonchev–Trinajstić information content (AvgIpc) is 2.39. The van der Waals surface area contributed by atoms with Crippen molar-refractivity contribution in [2.75, 3.05) is 6.61 Å². The van der Waals surface area contributed by atoms with Crippen LogP contribution in [-0.4, -0.2) is 24.1 Å². The Morgan fingerprint density at radius 1 is 1.21 bits per heavy atom. The molecule has 1 aliphatic carbocycles. The van der Waals surface area contributed by atoms with E-state index in [0.29, 0.717) is 5.57 Å². The number of ether oxygens (including phenoxy) is 2. The monoisotopic (exact) mass is 268 g/mol. The summed E-state index contributed by atoms with van der Waals surface area (Å²) in [5, 5.41) is 0. The first-order valence-corrected chi connectivity index (χ1v) is 7.03. The first kappa shape index (κ1) is 15.7. The van der Waals surface area contributed by atoms with Crippen LogP contribution in [0.1, 0.15) is 58.8 Å². The van der Waals surface area contributed by atoms with Crippen molar-refractivity contribution in [2.45, 2.75) is 64.4 Å². The molecule has 0 aliphatic heterocycles. The van der Waals surface area contributed by atoms with Crippen molar-refractivity contribution in [2.24, 2.45) is 0 Å². The molecule has 0 saturated heterocycles. The number of rotatable bonds is 6. The van der Waals surface area contributed by atoms with Crippen LogP contribution in [0.5, 0.6) is 0 Å². The van der Waals surface area contributed by atoms with E-state index in [1.807, 2.05) is 0 Å². The molecule has 1 saturated carbocycles. The van der Waals surface area contributed by atoms with E-state index in [-0.39, 0.29) is 24.6 Å². The molecule has 108 valence electrons. The van der Waals surface area contributed by atoms with E-state index >= 15 is 0 Å². The Balaban J connectivity index is 2.33. The lowest BCUT2D eigenvalue weighted by Crippen LogP contribution is -2.36. The normalized spacial score (nSPS) is 17.6. The summed E-state index contributed by atoms with van der Waals surface area (Å²) in [6.07, 6.45) is 6.31. The zero-order chi connectivity index (χ0) is 14.3. The van der Waals surface area contributed by atoms with Crippen LogP contribution < -0.4 is 0 Å². The lowest BCUT2D eigenvalue weighted by Gasteiger charge is -2.36. The summed E-state index contributed by atoms with van der Waals surface area (Å²) < 4.78 is 10.5. The molecule has 0 aromatic rings. The van der Waals surface area contributed by atoms with Crippen LogP contribution >= 0.6 is 0 Å². The SMILES string of the molecule is C=C(C)C(=O)OCCC(=O)OC1(CC)CCCCC1. The molecule has 0 radical (unpaired) electrons.